The lowest BCUT2D eigenvalue weighted by molar-refractivity contribution is -0.0366. The Labute approximate surface area is 225 Å². The highest BCUT2D eigenvalue weighted by molar-refractivity contribution is 5.92. The summed E-state index contributed by atoms with van der Waals surface area (Å²) in [7, 11) is 0. The summed E-state index contributed by atoms with van der Waals surface area (Å²) in [4.78, 5) is 20.9. The van der Waals surface area contributed by atoms with E-state index in [0.29, 0.717) is 11.1 Å². The first-order chi connectivity index (χ1) is 18.4. The van der Waals surface area contributed by atoms with Gasteiger partial charge in [0.1, 0.15) is 22.9 Å². The maximum atomic E-state index is 9.56. The van der Waals surface area contributed by atoms with E-state index in [0.717, 1.165) is 88.0 Å². The highest BCUT2D eigenvalue weighted by Crippen LogP contribution is 2.29. The van der Waals surface area contributed by atoms with Crippen LogP contribution in [0.15, 0.2) is 46.4 Å². The van der Waals surface area contributed by atoms with Crippen molar-refractivity contribution in [2.75, 3.05) is 63.8 Å². The molecule has 2 atom stereocenters. The summed E-state index contributed by atoms with van der Waals surface area (Å²) in [5.41, 5.74) is 6.65. The largest absolute Gasteiger partial charge is 0.370 e. The zero-order chi connectivity index (χ0) is 26.6. The van der Waals surface area contributed by atoms with Gasteiger partial charge in [-0.15, -0.1) is 0 Å². The van der Waals surface area contributed by atoms with Gasteiger partial charge < -0.3 is 19.9 Å². The number of nitriles is 1. The van der Waals surface area contributed by atoms with Crippen molar-refractivity contribution in [3.05, 3.63) is 52.6 Å². The van der Waals surface area contributed by atoms with Crippen LogP contribution in [-0.2, 0) is 4.74 Å². The van der Waals surface area contributed by atoms with Gasteiger partial charge in [0.05, 0.1) is 29.2 Å². The number of anilines is 1. The van der Waals surface area contributed by atoms with E-state index in [4.69, 9.17) is 9.72 Å². The number of nitrogens with one attached hydrogen (secondary N) is 1. The van der Waals surface area contributed by atoms with Crippen molar-refractivity contribution in [3.63, 3.8) is 0 Å². The van der Waals surface area contributed by atoms with Gasteiger partial charge in [-0.1, -0.05) is 5.57 Å². The van der Waals surface area contributed by atoms with Crippen LogP contribution in [0, 0.1) is 18.3 Å². The average molecular weight is 515 g/mol. The Morgan fingerprint density at radius 1 is 1.24 bits per heavy atom. The zero-order valence-electron chi connectivity index (χ0n) is 22.8. The predicted molar refractivity (Wildman–Crippen MR) is 151 cm³/mol. The van der Waals surface area contributed by atoms with Crippen LogP contribution in [0.1, 0.15) is 31.5 Å². The third-order valence-electron chi connectivity index (χ3n) is 7.75. The molecule has 0 amide bonds. The second kappa shape index (κ2) is 11.6. The molecular weight excluding hydrogens is 476 g/mol. The van der Waals surface area contributed by atoms with Crippen LogP contribution in [0.25, 0.3) is 11.0 Å². The summed E-state index contributed by atoms with van der Waals surface area (Å²) in [6.07, 6.45) is 5.21. The standard InChI is InChI=1S/C29H38N8O/c1-20-7-8-32-16-24(20)13-27(31-4)36-11-9-35(10-12-36)18-25-19-37(17-22(3)38-25)26-6-5-23(14-30)28-29(26)34-21(2)15-33-28/h5-6,13,15,22,25,32H,4,7-12,16-19H2,1-3H3/b27-13+/t22-,25+/m1/s1. The van der Waals surface area contributed by atoms with E-state index in [1.54, 1.807) is 6.20 Å². The molecule has 2 saturated heterocycles. The smallest absolute Gasteiger partial charge is 0.128 e. The number of aryl methyl sites for hydroxylation is 1. The number of morpholine rings is 1. The summed E-state index contributed by atoms with van der Waals surface area (Å²) >= 11 is 0. The Bertz CT molecular complexity index is 1290. The van der Waals surface area contributed by atoms with E-state index in [1.165, 1.54) is 11.1 Å². The highest BCUT2D eigenvalue weighted by Gasteiger charge is 2.30. The van der Waals surface area contributed by atoms with Crippen LogP contribution in [0.3, 0.4) is 0 Å². The van der Waals surface area contributed by atoms with E-state index >= 15 is 0 Å². The van der Waals surface area contributed by atoms with E-state index in [2.05, 4.69) is 62.7 Å². The molecule has 38 heavy (non-hydrogen) atoms. The van der Waals surface area contributed by atoms with Crippen molar-refractivity contribution in [3.8, 4) is 6.07 Å². The van der Waals surface area contributed by atoms with Crippen LogP contribution in [-0.4, -0.2) is 97.6 Å². The van der Waals surface area contributed by atoms with Gasteiger partial charge in [-0.05, 0) is 64.2 Å². The molecule has 1 aromatic carbocycles. The zero-order valence-corrected chi connectivity index (χ0v) is 22.8. The molecule has 1 N–H and O–H groups in total. The first-order valence-corrected chi connectivity index (χ1v) is 13.6. The maximum Gasteiger partial charge on any atom is 0.128 e. The average Bonchev–Trinajstić information content (AvgIpc) is 2.92. The molecule has 0 spiro atoms. The molecule has 0 radical (unpaired) electrons. The van der Waals surface area contributed by atoms with Crippen LogP contribution < -0.4 is 10.2 Å². The van der Waals surface area contributed by atoms with Gasteiger partial charge in [-0.25, -0.2) is 9.98 Å². The van der Waals surface area contributed by atoms with Crippen LogP contribution >= 0.6 is 0 Å². The predicted octanol–water partition coefficient (Wildman–Crippen LogP) is 2.87. The third kappa shape index (κ3) is 5.73. The number of fused-ring (bicyclic) bond motifs is 1. The summed E-state index contributed by atoms with van der Waals surface area (Å²) < 4.78 is 6.39. The lowest BCUT2D eigenvalue weighted by Crippen LogP contribution is -2.54. The number of hydrogen-bond acceptors (Lipinski definition) is 9. The lowest BCUT2D eigenvalue weighted by atomic mass is 10.0. The second-order valence-electron chi connectivity index (χ2n) is 10.6. The molecule has 0 saturated carbocycles. The Morgan fingerprint density at radius 2 is 2.05 bits per heavy atom. The van der Waals surface area contributed by atoms with Crippen molar-refractivity contribution in [2.45, 2.75) is 39.4 Å². The van der Waals surface area contributed by atoms with Gasteiger partial charge in [0.25, 0.3) is 0 Å². The minimum Gasteiger partial charge on any atom is -0.370 e. The summed E-state index contributed by atoms with van der Waals surface area (Å²) in [6, 6.07) is 6.12. The van der Waals surface area contributed by atoms with Crippen molar-refractivity contribution >= 4 is 23.4 Å². The molecule has 0 unspecified atom stereocenters. The minimum atomic E-state index is 0.0856. The van der Waals surface area contributed by atoms with Gasteiger partial charge in [0, 0.05) is 58.6 Å². The fourth-order valence-corrected chi connectivity index (χ4v) is 5.69. The summed E-state index contributed by atoms with van der Waals surface area (Å²) in [6.45, 7) is 18.3. The van der Waals surface area contributed by atoms with Gasteiger partial charge >= 0.3 is 0 Å². The number of rotatable bonds is 6. The SMILES string of the molecule is C=N/C(=C\C1=C(C)CCNC1)N1CCN(C[C@H]2CN(c3ccc(C#N)c4ncc(C)nc34)C[C@@H](C)O2)CC1. The summed E-state index contributed by atoms with van der Waals surface area (Å²) in [5.74, 6) is 0.973. The number of ether oxygens (including phenoxy) is 1. The fourth-order valence-electron chi connectivity index (χ4n) is 5.69. The molecule has 5 rings (SSSR count). The number of benzene rings is 1. The van der Waals surface area contributed by atoms with E-state index in [-0.39, 0.29) is 12.2 Å². The Morgan fingerprint density at radius 3 is 2.79 bits per heavy atom. The number of aromatic nitrogens is 2. The first-order valence-electron chi connectivity index (χ1n) is 13.6. The summed E-state index contributed by atoms with van der Waals surface area (Å²) in [5, 5.41) is 13.0. The van der Waals surface area contributed by atoms with Crippen molar-refractivity contribution in [2.24, 2.45) is 4.99 Å². The quantitative estimate of drug-likeness (QED) is 0.589. The van der Waals surface area contributed by atoms with Crippen molar-refractivity contribution < 1.29 is 4.74 Å². The Kier molecular flexibility index (Phi) is 8.03. The first kappa shape index (κ1) is 26.3. The third-order valence-corrected chi connectivity index (χ3v) is 7.75. The Hall–Kier alpha value is -3.32. The van der Waals surface area contributed by atoms with Gasteiger partial charge in [-0.3, -0.25) is 9.88 Å². The molecule has 200 valence electrons. The van der Waals surface area contributed by atoms with E-state index < -0.39 is 0 Å². The molecule has 9 nitrogen and oxygen atoms in total. The number of piperazine rings is 1. The molecule has 2 aromatic rings. The molecule has 2 fully saturated rings. The van der Waals surface area contributed by atoms with E-state index in [9.17, 15) is 5.26 Å². The van der Waals surface area contributed by atoms with Crippen molar-refractivity contribution in [1.29, 1.82) is 5.26 Å². The van der Waals surface area contributed by atoms with Crippen molar-refractivity contribution in [1.82, 2.24) is 25.1 Å². The normalized spacial score (nSPS) is 23.6. The molecule has 0 bridgehead atoms. The maximum absolute atomic E-state index is 9.56. The molecular formula is C29H38N8O. The molecule has 4 heterocycles. The Balaban J connectivity index is 1.25. The van der Waals surface area contributed by atoms with Gasteiger partial charge in [0.15, 0.2) is 0 Å². The molecule has 0 aliphatic carbocycles. The minimum absolute atomic E-state index is 0.0856. The molecule has 3 aliphatic heterocycles. The number of aliphatic imine (C=N–C) groups is 1. The second-order valence-corrected chi connectivity index (χ2v) is 10.6. The monoisotopic (exact) mass is 514 g/mol. The topological polar surface area (TPSA) is 92.9 Å². The highest BCUT2D eigenvalue weighted by atomic mass is 16.5. The van der Waals surface area contributed by atoms with Gasteiger partial charge in [0.2, 0.25) is 0 Å². The molecule has 1 aromatic heterocycles. The fraction of sp³-hybridized carbons (Fsp3) is 0.517. The van der Waals surface area contributed by atoms with Crippen LogP contribution in [0.4, 0.5) is 5.69 Å². The lowest BCUT2D eigenvalue weighted by Gasteiger charge is -2.42. The van der Waals surface area contributed by atoms with Crippen LogP contribution in [0.5, 0.6) is 0 Å². The molecule has 9 heteroatoms. The van der Waals surface area contributed by atoms with Gasteiger partial charge in [-0.2, -0.15) is 5.26 Å². The molecule has 3 aliphatic rings. The van der Waals surface area contributed by atoms with Crippen LogP contribution in [0.2, 0.25) is 0 Å². The van der Waals surface area contributed by atoms with E-state index in [1.807, 2.05) is 19.1 Å². The number of hydrogen-bond donors (Lipinski definition) is 1. The number of nitrogens with zero attached hydrogens (tertiary/aromatic N) is 7.